The van der Waals surface area contributed by atoms with E-state index in [1.165, 1.54) is 26.4 Å². The number of methoxy groups -OCH3 is 2. The molecule has 0 aromatic rings. The van der Waals surface area contributed by atoms with Crippen LogP contribution in [0.2, 0.25) is 0 Å². The number of carbonyl (C=O) groups is 2. The third kappa shape index (κ3) is 9.22. The number of epoxide rings is 1. The largest absolute Gasteiger partial charge is 0.459 e. The molecule has 0 amide bonds. The van der Waals surface area contributed by atoms with Gasteiger partial charge < -0.3 is 53.2 Å². The first-order valence-electron chi connectivity index (χ1n) is 16.3. The molecule has 0 aromatic carbocycles. The Morgan fingerprint density at radius 3 is 2.24 bits per heavy atom. The standard InChI is InChI=1S/C33H52O13/c1-16-8-11-24(46-32-28(38)23(35)14-18(3)42-32)17(2)9-13-26(36)43-19(4)21(29-25(45-29)12-10-22(16)34)15-41-33-31(40-7)30(39-6)27(37)20(5)44-33/h9-10,12-13,16-21,23-25,27-33,35,37-38H,8,11,14-15H2,1-7H3/b12-10+,13-9+/t16-,17+,18-,19-,20-,21?,23+,24+,25+,27-,28-,29+,30-,31-,32+,33-/m1/s1. The van der Waals surface area contributed by atoms with E-state index < -0.39 is 73.3 Å². The Hall–Kier alpha value is -1.78. The van der Waals surface area contributed by atoms with E-state index in [0.717, 1.165) is 0 Å². The lowest BCUT2D eigenvalue weighted by molar-refractivity contribution is -0.305. The zero-order valence-corrected chi connectivity index (χ0v) is 27.8. The summed E-state index contributed by atoms with van der Waals surface area (Å²) in [6.45, 7) is 9.04. The SMILES string of the molecule is CO[C@@H]1[C@H](O)[C@@H](C)O[C@@H](OCC2[C@@H](C)OC(=O)/C=C/[C@H](C)[C@@H](O[C@@H]3O[C@H](C)C[C@H](O)[C@H]3O)CC[C@@H](C)C(=O)/C=C/[C@@H]3O[C@@H]23)[C@@H]1OC. The van der Waals surface area contributed by atoms with Gasteiger partial charge in [-0.1, -0.05) is 19.9 Å². The van der Waals surface area contributed by atoms with Crippen molar-refractivity contribution in [2.24, 2.45) is 17.8 Å². The van der Waals surface area contributed by atoms with Crippen LogP contribution in [0.1, 0.15) is 53.9 Å². The minimum atomic E-state index is -1.22. The van der Waals surface area contributed by atoms with Crippen molar-refractivity contribution < 1.29 is 62.8 Å². The molecule has 16 atom stereocenters. The van der Waals surface area contributed by atoms with Gasteiger partial charge in [0.25, 0.3) is 0 Å². The van der Waals surface area contributed by atoms with Crippen molar-refractivity contribution in [3.8, 4) is 0 Å². The molecule has 1 unspecified atom stereocenters. The van der Waals surface area contributed by atoms with Gasteiger partial charge in [-0.3, -0.25) is 4.79 Å². The minimum absolute atomic E-state index is 0.0646. The second-order valence-electron chi connectivity index (χ2n) is 13.0. The highest BCUT2D eigenvalue weighted by Crippen LogP contribution is 2.36. The van der Waals surface area contributed by atoms with Gasteiger partial charge in [-0.05, 0) is 45.8 Å². The fraction of sp³-hybridized carbons (Fsp3) is 0.818. The molecule has 0 bridgehead atoms. The Kier molecular flexibility index (Phi) is 13.3. The first-order chi connectivity index (χ1) is 21.8. The lowest BCUT2D eigenvalue weighted by Crippen LogP contribution is -2.59. The number of ketones is 1. The van der Waals surface area contributed by atoms with Crippen molar-refractivity contribution in [2.45, 2.75) is 134 Å². The van der Waals surface area contributed by atoms with E-state index in [9.17, 15) is 24.9 Å². The molecule has 0 spiro atoms. The molecular weight excluding hydrogens is 604 g/mol. The van der Waals surface area contributed by atoms with Gasteiger partial charge in [0.1, 0.15) is 36.6 Å². The number of aliphatic hydroxyl groups excluding tert-OH is 3. The molecule has 0 aliphatic carbocycles. The van der Waals surface area contributed by atoms with Crippen molar-refractivity contribution >= 4 is 11.8 Å². The summed E-state index contributed by atoms with van der Waals surface area (Å²) in [5.74, 6) is -1.71. The molecule has 0 aromatic heterocycles. The molecule has 3 fully saturated rings. The average molecular weight is 657 g/mol. The number of carbonyl (C=O) groups excluding carboxylic acids is 2. The fourth-order valence-electron chi connectivity index (χ4n) is 6.32. The topological polar surface area (TPSA) is 172 Å². The van der Waals surface area contributed by atoms with E-state index in [1.807, 2.05) is 13.8 Å². The minimum Gasteiger partial charge on any atom is -0.459 e. The highest BCUT2D eigenvalue weighted by molar-refractivity contribution is 5.91. The van der Waals surface area contributed by atoms with Gasteiger partial charge in [-0.2, -0.15) is 0 Å². The van der Waals surface area contributed by atoms with Gasteiger partial charge in [-0.15, -0.1) is 0 Å². The number of rotatable bonds is 7. The molecule has 4 heterocycles. The predicted octanol–water partition coefficient (Wildman–Crippen LogP) is 1.44. The number of aliphatic hydroxyl groups is 3. The smallest absolute Gasteiger partial charge is 0.330 e. The number of hydrogen-bond acceptors (Lipinski definition) is 13. The van der Waals surface area contributed by atoms with Crippen molar-refractivity contribution in [3.05, 3.63) is 24.3 Å². The fourth-order valence-corrected chi connectivity index (χ4v) is 6.32. The summed E-state index contributed by atoms with van der Waals surface area (Å²) >= 11 is 0. The summed E-state index contributed by atoms with van der Waals surface area (Å²) in [4.78, 5) is 26.1. The lowest BCUT2D eigenvalue weighted by atomic mass is 9.92. The Morgan fingerprint density at radius 2 is 1.54 bits per heavy atom. The lowest BCUT2D eigenvalue weighted by Gasteiger charge is -2.42. The van der Waals surface area contributed by atoms with E-state index in [0.29, 0.717) is 12.8 Å². The zero-order chi connectivity index (χ0) is 33.7. The first kappa shape index (κ1) is 37.0. The molecule has 3 saturated heterocycles. The van der Waals surface area contributed by atoms with Crippen LogP contribution in [0.5, 0.6) is 0 Å². The van der Waals surface area contributed by atoms with Gasteiger partial charge in [-0.25, -0.2) is 4.79 Å². The van der Waals surface area contributed by atoms with Crippen LogP contribution < -0.4 is 0 Å². The van der Waals surface area contributed by atoms with Crippen molar-refractivity contribution in [1.29, 1.82) is 0 Å². The zero-order valence-electron chi connectivity index (χ0n) is 27.8. The second kappa shape index (κ2) is 16.6. The highest BCUT2D eigenvalue weighted by atomic mass is 16.7. The maximum atomic E-state index is 13.0. The van der Waals surface area contributed by atoms with E-state index in [1.54, 1.807) is 32.9 Å². The molecule has 4 rings (SSSR count). The van der Waals surface area contributed by atoms with Crippen LogP contribution in [0.15, 0.2) is 24.3 Å². The molecule has 46 heavy (non-hydrogen) atoms. The molecule has 3 N–H and O–H groups in total. The van der Waals surface area contributed by atoms with E-state index in [-0.39, 0.29) is 49.0 Å². The Labute approximate surface area is 271 Å². The maximum Gasteiger partial charge on any atom is 0.330 e. The van der Waals surface area contributed by atoms with Crippen molar-refractivity contribution in [2.75, 3.05) is 20.8 Å². The molecular formula is C33H52O13. The third-order valence-corrected chi connectivity index (χ3v) is 9.51. The summed E-state index contributed by atoms with van der Waals surface area (Å²) in [5.41, 5.74) is 0. The number of allylic oxidation sites excluding steroid dienone is 1. The summed E-state index contributed by atoms with van der Waals surface area (Å²) in [6.07, 6.45) is -1.74. The first-order valence-corrected chi connectivity index (χ1v) is 16.3. The van der Waals surface area contributed by atoms with Gasteiger partial charge in [0.05, 0.1) is 37.1 Å². The molecule has 13 nitrogen and oxygen atoms in total. The molecule has 0 saturated carbocycles. The van der Waals surface area contributed by atoms with Gasteiger partial charge in [0.15, 0.2) is 18.4 Å². The summed E-state index contributed by atoms with van der Waals surface area (Å²) in [6, 6.07) is 0. The van der Waals surface area contributed by atoms with E-state index in [2.05, 4.69) is 0 Å². The van der Waals surface area contributed by atoms with Gasteiger partial charge in [0, 0.05) is 44.5 Å². The van der Waals surface area contributed by atoms with Crippen molar-refractivity contribution in [3.63, 3.8) is 0 Å². The number of esters is 1. The number of ether oxygens (including phenoxy) is 8. The normalized spacial score (nSPS) is 47.4. The van der Waals surface area contributed by atoms with Gasteiger partial charge >= 0.3 is 5.97 Å². The number of fused-ring (bicyclic) bond motifs is 1. The molecule has 13 heteroatoms. The van der Waals surface area contributed by atoms with Crippen LogP contribution in [0, 0.1) is 17.8 Å². The van der Waals surface area contributed by atoms with Crippen LogP contribution in [-0.2, 0) is 47.5 Å². The van der Waals surface area contributed by atoms with Gasteiger partial charge in [0.2, 0.25) is 0 Å². The van der Waals surface area contributed by atoms with Crippen LogP contribution in [0.25, 0.3) is 0 Å². The second-order valence-corrected chi connectivity index (χ2v) is 13.0. The van der Waals surface area contributed by atoms with Crippen LogP contribution >= 0.6 is 0 Å². The van der Waals surface area contributed by atoms with E-state index in [4.69, 9.17) is 37.9 Å². The monoisotopic (exact) mass is 656 g/mol. The third-order valence-electron chi connectivity index (χ3n) is 9.51. The quantitative estimate of drug-likeness (QED) is 0.266. The van der Waals surface area contributed by atoms with Crippen LogP contribution in [0.3, 0.4) is 0 Å². The Bertz CT molecular complexity index is 1070. The van der Waals surface area contributed by atoms with E-state index >= 15 is 0 Å². The number of hydrogen-bond donors (Lipinski definition) is 3. The predicted molar refractivity (Wildman–Crippen MR) is 162 cm³/mol. The van der Waals surface area contributed by atoms with Crippen LogP contribution in [-0.4, -0.2) is 128 Å². The summed E-state index contributed by atoms with van der Waals surface area (Å²) in [5, 5.41) is 31.3. The number of cyclic esters (lactones) is 1. The maximum absolute atomic E-state index is 13.0. The molecule has 4 aliphatic heterocycles. The van der Waals surface area contributed by atoms with Crippen LogP contribution in [0.4, 0.5) is 0 Å². The Balaban J connectivity index is 1.49. The Morgan fingerprint density at radius 1 is 0.826 bits per heavy atom. The molecule has 262 valence electrons. The van der Waals surface area contributed by atoms with Crippen molar-refractivity contribution in [1.82, 2.24) is 0 Å². The molecule has 4 aliphatic rings. The summed E-state index contributed by atoms with van der Waals surface area (Å²) in [7, 11) is 2.96. The summed E-state index contributed by atoms with van der Waals surface area (Å²) < 4.78 is 46.8. The molecule has 0 radical (unpaired) electrons. The highest BCUT2D eigenvalue weighted by Gasteiger charge is 2.49. The average Bonchev–Trinajstić information content (AvgIpc) is 3.78.